The second kappa shape index (κ2) is 11.3. The highest BCUT2D eigenvalue weighted by Gasteiger charge is 2.09. The number of hydrogen-bond acceptors (Lipinski definition) is 4. The third-order valence-corrected chi connectivity index (χ3v) is 11.9. The molecule has 4 heterocycles. The second-order valence-corrected chi connectivity index (χ2v) is 15.8. The molecule has 0 aliphatic rings. The zero-order valence-electron chi connectivity index (χ0n) is 18.2. The van der Waals surface area contributed by atoms with E-state index in [1.807, 2.05) is 45.3 Å². The summed E-state index contributed by atoms with van der Waals surface area (Å²) in [6.45, 7) is 0. The zero-order valence-corrected chi connectivity index (χ0v) is 30.1. The molecule has 8 rings (SSSR count). The van der Waals surface area contributed by atoms with E-state index in [0.29, 0.717) is 0 Å². The molecule has 0 fully saturated rings. The quantitative estimate of drug-likeness (QED) is 0.133. The van der Waals surface area contributed by atoms with E-state index in [9.17, 15) is 0 Å². The Morgan fingerprint density at radius 3 is 1.19 bits per heavy atom. The van der Waals surface area contributed by atoms with Gasteiger partial charge in [0.1, 0.15) is 0 Å². The van der Waals surface area contributed by atoms with Gasteiger partial charge in [0.2, 0.25) is 0 Å². The standard InChI is InChI=1S/C14H6I2S2.C14H8S2.I2/c15-11-5-7-1-3-9-10(13(7)17-11)4-2-8-6-12(16)18-14(8)9;1-3-11-12(13-9(1)5-7-15-13)4-2-10-6-8-16-14(10)11;1-2/h1-6H;1-8H;. The van der Waals surface area contributed by atoms with Crippen LogP contribution in [0.4, 0.5) is 0 Å². The summed E-state index contributed by atoms with van der Waals surface area (Å²) in [4.78, 5) is 0. The molecule has 0 saturated carbocycles. The molecule has 36 heavy (non-hydrogen) atoms. The predicted octanol–water partition coefficient (Wildman–Crippen LogP) is 13.5. The molecule has 0 nitrogen and oxygen atoms in total. The van der Waals surface area contributed by atoms with Crippen LogP contribution in [0.1, 0.15) is 0 Å². The predicted molar refractivity (Wildman–Crippen MR) is 203 cm³/mol. The Morgan fingerprint density at radius 2 is 0.778 bits per heavy atom. The fourth-order valence-electron chi connectivity index (χ4n) is 4.60. The second-order valence-electron chi connectivity index (χ2n) is 8.07. The van der Waals surface area contributed by atoms with Gasteiger partial charge in [0, 0.05) is 77.6 Å². The Bertz CT molecular complexity index is 1860. The fourth-order valence-corrected chi connectivity index (χ4v) is 10.3. The monoisotopic (exact) mass is 986 g/mol. The van der Waals surface area contributed by atoms with E-state index in [2.05, 4.69) is 166 Å². The lowest BCUT2D eigenvalue weighted by Crippen LogP contribution is -1.72. The Balaban J connectivity index is 0.000000126. The normalized spacial score (nSPS) is 11.3. The van der Waals surface area contributed by atoms with Gasteiger partial charge in [-0.15, -0.1) is 45.3 Å². The van der Waals surface area contributed by atoms with E-state index in [-0.39, 0.29) is 0 Å². The van der Waals surface area contributed by atoms with Gasteiger partial charge in [0.15, 0.2) is 0 Å². The molecule has 178 valence electrons. The Morgan fingerprint density at radius 1 is 0.417 bits per heavy atom. The number of halogens is 4. The first-order valence-corrected chi connectivity index (χ1v) is 22.6. The van der Waals surface area contributed by atoms with Crippen molar-refractivity contribution in [1.29, 1.82) is 0 Å². The van der Waals surface area contributed by atoms with Crippen molar-refractivity contribution in [3.63, 3.8) is 0 Å². The van der Waals surface area contributed by atoms with Crippen LogP contribution in [0.15, 0.2) is 83.6 Å². The molecule has 0 saturated heterocycles. The molecule has 0 unspecified atom stereocenters. The Hall–Kier alpha value is 0.160. The highest BCUT2D eigenvalue weighted by atomic mass is 128. The molecule has 4 aromatic heterocycles. The van der Waals surface area contributed by atoms with Crippen molar-refractivity contribution in [3.8, 4) is 0 Å². The lowest BCUT2D eigenvalue weighted by Gasteiger charge is -2.00. The van der Waals surface area contributed by atoms with Gasteiger partial charge in [0.05, 0.1) is 5.77 Å². The van der Waals surface area contributed by atoms with E-state index in [1.165, 1.54) is 67.7 Å². The lowest BCUT2D eigenvalue weighted by atomic mass is 10.1. The first kappa shape index (κ1) is 26.4. The van der Waals surface area contributed by atoms with Crippen LogP contribution in [-0.2, 0) is 0 Å². The zero-order chi connectivity index (χ0) is 24.8. The van der Waals surface area contributed by atoms with Crippen LogP contribution in [0, 0.1) is 5.77 Å². The van der Waals surface area contributed by atoms with E-state index in [4.69, 9.17) is 0 Å². The minimum atomic E-state index is 1.36. The summed E-state index contributed by atoms with van der Waals surface area (Å²) >= 11 is 16.5. The number of hydrogen-bond donors (Lipinski definition) is 0. The Labute approximate surface area is 274 Å². The van der Waals surface area contributed by atoms with Crippen molar-refractivity contribution < 1.29 is 0 Å². The highest BCUT2D eigenvalue weighted by Crippen LogP contribution is 2.39. The van der Waals surface area contributed by atoms with Gasteiger partial charge < -0.3 is 0 Å². The van der Waals surface area contributed by atoms with Crippen molar-refractivity contribution in [2.75, 3.05) is 0 Å². The van der Waals surface area contributed by atoms with Gasteiger partial charge in [-0.05, 0) is 102 Å². The lowest BCUT2D eigenvalue weighted by molar-refractivity contribution is 1.91. The molecule has 0 spiro atoms. The number of rotatable bonds is 0. The van der Waals surface area contributed by atoms with E-state index >= 15 is 0 Å². The highest BCUT2D eigenvalue weighted by molar-refractivity contribution is 15.0. The molecule has 4 aromatic carbocycles. The van der Waals surface area contributed by atoms with Crippen LogP contribution >= 0.6 is 128 Å². The van der Waals surface area contributed by atoms with Crippen LogP contribution in [0.25, 0.3) is 61.9 Å². The molecule has 8 heteroatoms. The first-order valence-electron chi connectivity index (χ1n) is 10.8. The van der Waals surface area contributed by atoms with E-state index in [0.717, 1.165) is 0 Å². The molecule has 0 aliphatic heterocycles. The van der Waals surface area contributed by atoms with E-state index < -0.39 is 0 Å². The fraction of sp³-hybridized carbons (Fsp3) is 0. The van der Waals surface area contributed by atoms with Gasteiger partial charge in [-0.1, -0.05) is 48.5 Å². The molecule has 0 atom stereocenters. The van der Waals surface area contributed by atoms with Gasteiger partial charge >= 0.3 is 0 Å². The van der Waals surface area contributed by atoms with Crippen molar-refractivity contribution in [1.82, 2.24) is 0 Å². The van der Waals surface area contributed by atoms with Crippen LogP contribution in [0.3, 0.4) is 0 Å². The summed E-state index contributed by atoms with van der Waals surface area (Å²) in [5.74, 6) is 0. The average Bonchev–Trinajstić information content (AvgIpc) is 3.69. The summed E-state index contributed by atoms with van der Waals surface area (Å²) in [5.41, 5.74) is 0. The number of fused-ring (bicyclic) bond motifs is 10. The summed E-state index contributed by atoms with van der Waals surface area (Å²) in [6, 6.07) is 26.9. The first-order chi connectivity index (χ1) is 17.7. The van der Waals surface area contributed by atoms with Gasteiger partial charge in [-0.3, -0.25) is 0 Å². The van der Waals surface area contributed by atoms with Gasteiger partial charge in [-0.2, -0.15) is 0 Å². The molecule has 0 bridgehead atoms. The molecule has 0 amide bonds. The third kappa shape index (κ3) is 4.83. The maximum atomic E-state index is 2.41. The molecular formula is C28H14I4S4. The number of benzene rings is 4. The molecule has 0 N–H and O–H groups in total. The van der Waals surface area contributed by atoms with Crippen LogP contribution in [0.5, 0.6) is 0 Å². The minimum Gasteiger partial charge on any atom is -0.143 e. The molecule has 0 radical (unpaired) electrons. The van der Waals surface area contributed by atoms with Crippen molar-refractivity contribution in [2.45, 2.75) is 0 Å². The maximum absolute atomic E-state index is 2.41. The van der Waals surface area contributed by atoms with E-state index in [1.54, 1.807) is 0 Å². The average molecular weight is 986 g/mol. The number of thiophene rings is 4. The summed E-state index contributed by atoms with van der Waals surface area (Å²) in [6.07, 6.45) is 0. The maximum Gasteiger partial charge on any atom is 0.0666 e. The smallest absolute Gasteiger partial charge is 0.0666 e. The van der Waals surface area contributed by atoms with Crippen LogP contribution in [0.2, 0.25) is 0 Å². The van der Waals surface area contributed by atoms with Crippen LogP contribution < -0.4 is 0 Å². The van der Waals surface area contributed by atoms with Crippen molar-refractivity contribution in [3.05, 3.63) is 89.3 Å². The summed E-state index contributed by atoms with van der Waals surface area (Å²) < 4.78 is 8.37. The molecule has 8 aromatic rings. The summed E-state index contributed by atoms with van der Waals surface area (Å²) in [7, 11) is 0. The van der Waals surface area contributed by atoms with Gasteiger partial charge in [-0.25, -0.2) is 0 Å². The Kier molecular flexibility index (Phi) is 8.31. The van der Waals surface area contributed by atoms with Crippen molar-refractivity contribution >= 4 is 190 Å². The van der Waals surface area contributed by atoms with Crippen molar-refractivity contribution in [2.24, 2.45) is 0 Å². The third-order valence-electron chi connectivity index (χ3n) is 6.13. The minimum absolute atomic E-state index is 1.36. The van der Waals surface area contributed by atoms with Crippen LogP contribution in [-0.4, -0.2) is 0 Å². The van der Waals surface area contributed by atoms with Gasteiger partial charge in [0.25, 0.3) is 0 Å². The summed E-state index contributed by atoms with van der Waals surface area (Å²) in [5, 5.41) is 15.3. The largest absolute Gasteiger partial charge is 0.143 e. The SMILES string of the molecule is II.Ic1cc2ccc3c(ccc4cc(I)sc43)c2s1.c1cc2ccc3c(ccc4ccsc43)c2s1. The molecular weight excluding hydrogens is 972 g/mol. The topological polar surface area (TPSA) is 0 Å². The molecule has 0 aliphatic carbocycles.